The molecular weight excluding hydrogens is 460 g/mol. The normalized spacial score (nSPS) is 23.2. The number of imide groups is 1. The Morgan fingerprint density at radius 3 is 2.69 bits per heavy atom. The van der Waals surface area contributed by atoms with Gasteiger partial charge in [-0.05, 0) is 24.1 Å². The first kappa shape index (κ1) is 22.1. The standard InChI is InChI=1S/C25H25F2N3O5/c26-17-10-18-19(13-30(25(18)33)21-3-4-23(31)28-24(21)32)22(11-17)35-14-16-2-1-15(9-20(16)27)12-29-5-7-34-8-6-29/h1-2,9-11,21H,3-8,12-14H2,(H,28,31,32)/i21D. The number of fused-ring (bicyclic) bond motifs is 1. The number of morpholine rings is 1. The lowest BCUT2D eigenvalue weighted by Crippen LogP contribution is -2.52. The first-order valence-electron chi connectivity index (χ1n) is 11.9. The number of hydrogen-bond donors (Lipinski definition) is 1. The molecule has 0 radical (unpaired) electrons. The van der Waals surface area contributed by atoms with Crippen molar-refractivity contribution < 1.29 is 34.0 Å². The third-order valence-corrected chi connectivity index (χ3v) is 6.41. The molecule has 35 heavy (non-hydrogen) atoms. The Labute approximate surface area is 202 Å². The second-order valence-corrected chi connectivity index (χ2v) is 8.75. The largest absolute Gasteiger partial charge is 0.488 e. The van der Waals surface area contributed by atoms with Crippen molar-refractivity contribution in [2.75, 3.05) is 26.3 Å². The molecule has 2 aromatic carbocycles. The summed E-state index contributed by atoms with van der Waals surface area (Å²) in [6, 6.07) is 5.00. The molecule has 1 unspecified atom stereocenters. The minimum Gasteiger partial charge on any atom is -0.488 e. The maximum absolute atomic E-state index is 14.8. The van der Waals surface area contributed by atoms with Crippen LogP contribution in [0.15, 0.2) is 30.3 Å². The van der Waals surface area contributed by atoms with Gasteiger partial charge in [0.05, 0.1) is 26.7 Å². The molecule has 3 heterocycles. The average Bonchev–Trinajstić information content (AvgIpc) is 3.18. The first-order valence-corrected chi connectivity index (χ1v) is 11.4. The summed E-state index contributed by atoms with van der Waals surface area (Å²) in [7, 11) is 0. The van der Waals surface area contributed by atoms with Gasteiger partial charge in [-0.15, -0.1) is 0 Å². The molecule has 0 spiro atoms. The van der Waals surface area contributed by atoms with Gasteiger partial charge in [0.25, 0.3) is 5.91 Å². The second-order valence-electron chi connectivity index (χ2n) is 8.75. The molecule has 2 aromatic rings. The molecular formula is C25H25F2N3O5. The van der Waals surface area contributed by atoms with Gasteiger partial charge < -0.3 is 14.4 Å². The van der Waals surface area contributed by atoms with Crippen LogP contribution >= 0.6 is 0 Å². The van der Waals surface area contributed by atoms with E-state index in [9.17, 15) is 23.2 Å². The molecule has 10 heteroatoms. The molecule has 3 amide bonds. The van der Waals surface area contributed by atoms with Crippen LogP contribution in [0.2, 0.25) is 0 Å². The molecule has 3 aliphatic rings. The van der Waals surface area contributed by atoms with Crippen LogP contribution in [0.25, 0.3) is 0 Å². The van der Waals surface area contributed by atoms with Crippen LogP contribution in [0.4, 0.5) is 8.78 Å². The van der Waals surface area contributed by atoms with Crippen LogP contribution in [0, 0.1) is 11.6 Å². The van der Waals surface area contributed by atoms with Crippen molar-refractivity contribution in [3.63, 3.8) is 0 Å². The third kappa shape index (κ3) is 4.89. The number of nitrogens with one attached hydrogen (secondary N) is 1. The van der Waals surface area contributed by atoms with Gasteiger partial charge in [0, 0.05) is 43.2 Å². The quantitative estimate of drug-likeness (QED) is 0.630. The van der Waals surface area contributed by atoms with Crippen LogP contribution in [-0.2, 0) is 34.0 Å². The van der Waals surface area contributed by atoms with Crippen molar-refractivity contribution in [1.82, 2.24) is 15.1 Å². The number of amides is 3. The molecule has 3 aliphatic heterocycles. The maximum Gasteiger partial charge on any atom is 0.255 e. The van der Waals surface area contributed by atoms with Gasteiger partial charge in [0.2, 0.25) is 11.8 Å². The number of carbonyl (C=O) groups excluding carboxylic acids is 3. The fourth-order valence-corrected chi connectivity index (χ4v) is 4.53. The van der Waals surface area contributed by atoms with E-state index in [0.717, 1.165) is 35.7 Å². The third-order valence-electron chi connectivity index (χ3n) is 6.41. The van der Waals surface area contributed by atoms with Crippen molar-refractivity contribution in [1.29, 1.82) is 0 Å². The Balaban J connectivity index is 1.32. The molecule has 2 fully saturated rings. The number of nitrogens with zero attached hydrogens (tertiary/aromatic N) is 2. The Morgan fingerprint density at radius 2 is 1.94 bits per heavy atom. The average molecular weight is 486 g/mol. The highest BCUT2D eigenvalue weighted by atomic mass is 19.1. The highest BCUT2D eigenvalue weighted by molar-refractivity contribution is 6.05. The summed E-state index contributed by atoms with van der Waals surface area (Å²) in [5.41, 5.74) is 1.36. The van der Waals surface area contributed by atoms with E-state index in [0.29, 0.717) is 25.3 Å². The van der Waals surface area contributed by atoms with E-state index in [1.807, 2.05) is 6.07 Å². The number of benzene rings is 2. The highest BCUT2D eigenvalue weighted by Gasteiger charge is 2.40. The van der Waals surface area contributed by atoms with Crippen LogP contribution in [0.5, 0.6) is 5.75 Å². The monoisotopic (exact) mass is 486 g/mol. The summed E-state index contributed by atoms with van der Waals surface area (Å²) in [5, 5.41) is 2.09. The van der Waals surface area contributed by atoms with E-state index >= 15 is 0 Å². The fraction of sp³-hybridized carbons (Fsp3) is 0.400. The van der Waals surface area contributed by atoms with Gasteiger partial charge in [0.15, 0.2) is 0 Å². The number of carbonyl (C=O) groups is 3. The number of ether oxygens (including phenoxy) is 2. The van der Waals surface area contributed by atoms with Crippen molar-refractivity contribution in [3.05, 3.63) is 64.2 Å². The lowest BCUT2D eigenvalue weighted by atomic mass is 10.0. The number of piperidine rings is 1. The Kier molecular flexibility index (Phi) is 6.13. The predicted molar refractivity (Wildman–Crippen MR) is 119 cm³/mol. The summed E-state index contributed by atoms with van der Waals surface area (Å²) in [6.07, 6.45) is -0.258. The van der Waals surface area contributed by atoms with Crippen LogP contribution in [0.1, 0.15) is 41.3 Å². The summed E-state index contributed by atoms with van der Waals surface area (Å²) in [6.45, 7) is 3.09. The van der Waals surface area contributed by atoms with Crippen molar-refractivity contribution in [2.45, 2.75) is 38.6 Å². The van der Waals surface area contributed by atoms with Gasteiger partial charge in [-0.2, -0.15) is 0 Å². The van der Waals surface area contributed by atoms with Gasteiger partial charge in [-0.1, -0.05) is 12.1 Å². The van der Waals surface area contributed by atoms with E-state index in [1.54, 1.807) is 6.07 Å². The van der Waals surface area contributed by atoms with E-state index in [4.69, 9.17) is 10.8 Å². The zero-order chi connectivity index (χ0) is 25.4. The highest BCUT2D eigenvalue weighted by Crippen LogP contribution is 2.35. The Hall–Kier alpha value is -3.37. The smallest absolute Gasteiger partial charge is 0.255 e. The summed E-state index contributed by atoms with van der Waals surface area (Å²) >= 11 is 0. The molecule has 0 bridgehead atoms. The van der Waals surface area contributed by atoms with Gasteiger partial charge in [-0.3, -0.25) is 24.6 Å². The minimum atomic E-state index is -2.00. The van der Waals surface area contributed by atoms with Gasteiger partial charge in [-0.25, -0.2) is 8.78 Å². The topological polar surface area (TPSA) is 88.2 Å². The van der Waals surface area contributed by atoms with Crippen molar-refractivity contribution in [2.24, 2.45) is 0 Å². The van der Waals surface area contributed by atoms with E-state index in [2.05, 4.69) is 10.2 Å². The van der Waals surface area contributed by atoms with Crippen molar-refractivity contribution >= 4 is 17.7 Å². The Morgan fingerprint density at radius 1 is 1.14 bits per heavy atom. The summed E-state index contributed by atoms with van der Waals surface area (Å²) < 4.78 is 48.8. The van der Waals surface area contributed by atoms with Crippen LogP contribution < -0.4 is 10.1 Å². The molecule has 1 N–H and O–H groups in total. The molecule has 8 nitrogen and oxygen atoms in total. The fourth-order valence-electron chi connectivity index (χ4n) is 4.53. The molecule has 5 rings (SSSR count). The van der Waals surface area contributed by atoms with Crippen LogP contribution in [0.3, 0.4) is 0 Å². The molecule has 0 aromatic heterocycles. The van der Waals surface area contributed by atoms with Crippen molar-refractivity contribution in [3.8, 4) is 5.75 Å². The Bertz CT molecular complexity index is 1240. The summed E-state index contributed by atoms with van der Waals surface area (Å²) in [4.78, 5) is 40.1. The SMILES string of the molecule is [2H]C1(N2Cc3c(OCc4ccc(CN5CCOCC5)cc4F)cc(F)cc3C2=O)CCC(=O)NC1=O. The molecule has 1 atom stereocenters. The molecule has 0 saturated carbocycles. The number of halogens is 2. The lowest BCUT2D eigenvalue weighted by molar-refractivity contribution is -0.136. The predicted octanol–water partition coefficient (Wildman–Crippen LogP) is 2.14. The maximum atomic E-state index is 14.8. The lowest BCUT2D eigenvalue weighted by Gasteiger charge is -2.29. The van der Waals surface area contributed by atoms with E-state index < -0.39 is 35.4 Å². The zero-order valence-corrected chi connectivity index (χ0v) is 18.9. The van der Waals surface area contributed by atoms with E-state index in [-0.39, 0.29) is 42.9 Å². The van der Waals surface area contributed by atoms with Crippen LogP contribution in [-0.4, -0.2) is 59.8 Å². The summed E-state index contributed by atoms with van der Waals surface area (Å²) in [5.74, 6) is -3.27. The van der Waals surface area contributed by atoms with E-state index in [1.165, 1.54) is 6.07 Å². The first-order chi connectivity index (χ1) is 17.2. The molecule has 2 saturated heterocycles. The second kappa shape index (κ2) is 9.71. The zero-order valence-electron chi connectivity index (χ0n) is 19.9. The molecule has 184 valence electrons. The number of hydrogen-bond acceptors (Lipinski definition) is 6. The van der Waals surface area contributed by atoms with Gasteiger partial charge >= 0.3 is 0 Å². The molecule has 0 aliphatic carbocycles. The number of rotatable bonds is 6. The van der Waals surface area contributed by atoms with Gasteiger partial charge in [0.1, 0.15) is 30.0 Å². The minimum absolute atomic E-state index is 0.0253.